The highest BCUT2D eigenvalue weighted by molar-refractivity contribution is 7.80. The van der Waals surface area contributed by atoms with Gasteiger partial charge in [-0.15, -0.1) is 0 Å². The number of primary amides is 2. The third-order valence-electron chi connectivity index (χ3n) is 19.7. The standard InChI is InChI=1S/C75H119N27O23S/c1-7-34(3)57(79)71(122)93-44(19-14-22-86-75(82)83)63(114)91-42(17-11-12-20-76)61(112)89-36(5)59(110)94-46(24-39-30-84-33-88-39)65(116)101-52(32-126)70(121)98-48(26-54(78)105)68(119)102-58(35(4)8-2)72(123)100-51(31-103)69(120)92-43(18-13-21-85-74(80)81)62(113)90-37(6)60(111)95-49(27-55(106)107)67(118)96-45(23-38-29-87-41-16-10-9-15-40(38)41)64(115)97-47(25-53(77)104)66(117)99-50(73(124)125)28-56(108)109/h9-10,15-16,29-30,33-37,42-52,57-58,87,103,126H,7-8,11-14,17-28,31-32,76,79H2,1-6H3,(H2,77,104)(H2,78,105)(H,84,88)(H,89,112)(H,90,113)(H,91,114)(H,92,120)(H,93,122)(H,94,110)(H,95,111)(H,96,118)(H,97,115)(H,98,121)(H,99,117)(H,100,123)(H,101,116)(H,102,119)(H,106,107)(H,108,109)(H,124,125)(H4,80,81,85)(H4,82,83,86)/t34-,35-,36-,37-,42-,43-,44-,45-,46-,47-,48-,49-,50-,51-,52-,57-,58-/m0/s1. The summed E-state index contributed by atoms with van der Waals surface area (Å²) in [6.07, 6.45) is 0.0885. The van der Waals surface area contributed by atoms with Gasteiger partial charge in [-0.1, -0.05) is 58.7 Å². The molecule has 0 aliphatic heterocycles. The molecule has 16 amide bonds. The van der Waals surface area contributed by atoms with E-state index in [-0.39, 0.29) is 82.2 Å². The van der Waals surface area contributed by atoms with E-state index in [1.807, 2.05) is 12.2 Å². The van der Waals surface area contributed by atoms with Gasteiger partial charge in [0.2, 0.25) is 94.5 Å². The molecule has 50 nitrogen and oxygen atoms in total. The zero-order chi connectivity index (χ0) is 94.8. The number of imidazole rings is 1. The van der Waals surface area contributed by atoms with E-state index in [4.69, 9.17) is 45.2 Å². The average Bonchev–Trinajstić information content (AvgIpc) is 1.69. The number of unbranched alkanes of at least 4 members (excludes halogenated alkanes) is 1. The first-order chi connectivity index (χ1) is 59.4. The quantitative estimate of drug-likeness (QED) is 0.0108. The lowest BCUT2D eigenvalue weighted by molar-refractivity contribution is -0.147. The Labute approximate surface area is 728 Å². The molecule has 51 heteroatoms. The molecule has 0 saturated heterocycles. The van der Waals surface area contributed by atoms with Gasteiger partial charge in [0, 0.05) is 60.7 Å². The number of carbonyl (C=O) groups excluding carboxylic acids is 16. The Balaban J connectivity index is 1.87. The number of carbonyl (C=O) groups is 19. The van der Waals surface area contributed by atoms with Crippen molar-refractivity contribution in [2.45, 2.75) is 228 Å². The number of rotatable bonds is 59. The number of guanidine groups is 2. The van der Waals surface area contributed by atoms with Crippen molar-refractivity contribution in [2.75, 3.05) is 32.0 Å². The molecule has 3 aromatic rings. The summed E-state index contributed by atoms with van der Waals surface area (Å²) in [6.45, 7) is 8.01. The maximum absolute atomic E-state index is 14.3. The van der Waals surface area contributed by atoms with Crippen molar-refractivity contribution in [3.63, 3.8) is 0 Å². The summed E-state index contributed by atoms with van der Waals surface area (Å²) in [5, 5.41) is 93.1. The molecule has 698 valence electrons. The number of benzene rings is 1. The van der Waals surface area contributed by atoms with Crippen molar-refractivity contribution in [1.29, 1.82) is 10.8 Å². The lowest BCUT2D eigenvalue weighted by Crippen LogP contribution is -2.62. The van der Waals surface area contributed by atoms with Gasteiger partial charge in [-0.3, -0.25) is 97.1 Å². The molecule has 0 radical (unpaired) electrons. The van der Waals surface area contributed by atoms with Crippen molar-refractivity contribution >= 4 is 148 Å². The van der Waals surface area contributed by atoms with Crippen molar-refractivity contribution in [3.8, 4) is 0 Å². The normalized spacial score (nSPS) is 15.1. The van der Waals surface area contributed by atoms with E-state index >= 15 is 0 Å². The number of aliphatic hydroxyl groups excluding tert-OH is 1. The minimum Gasteiger partial charge on any atom is -0.481 e. The Morgan fingerprint density at radius 1 is 0.444 bits per heavy atom. The number of aliphatic hydroxyl groups is 1. The number of amides is 16. The monoisotopic (exact) mass is 1800 g/mol. The van der Waals surface area contributed by atoms with Gasteiger partial charge in [-0.2, -0.15) is 12.6 Å². The highest BCUT2D eigenvalue weighted by Crippen LogP contribution is 2.21. The molecule has 126 heavy (non-hydrogen) atoms. The Hall–Kier alpha value is -13.3. The molecular weight excluding hydrogens is 1680 g/mol. The number of H-pyrrole nitrogens is 2. The minimum atomic E-state index is -2.10. The van der Waals surface area contributed by atoms with Gasteiger partial charge < -0.3 is 150 Å². The number of nitrogens with zero attached hydrogens (tertiary/aromatic N) is 1. The maximum atomic E-state index is 14.3. The fraction of sp³-hybridized carbons (Fsp3) is 0.573. The number of nitrogens with one attached hydrogen (secondary N) is 20. The number of carboxylic acid groups (broad SMARTS) is 3. The number of carboxylic acids is 3. The Morgan fingerprint density at radius 3 is 1.29 bits per heavy atom. The molecule has 0 saturated carbocycles. The first-order valence-electron chi connectivity index (χ1n) is 40.2. The third kappa shape index (κ3) is 37.4. The van der Waals surface area contributed by atoms with Crippen LogP contribution in [0.3, 0.4) is 0 Å². The van der Waals surface area contributed by atoms with Crippen molar-refractivity contribution in [2.24, 2.45) is 46.2 Å². The number of thiol groups is 1. The van der Waals surface area contributed by atoms with Crippen molar-refractivity contribution in [1.82, 2.24) is 100 Å². The highest BCUT2D eigenvalue weighted by Gasteiger charge is 2.40. The van der Waals surface area contributed by atoms with Gasteiger partial charge in [-0.05, 0) is 88.8 Å². The van der Waals surface area contributed by atoms with Gasteiger partial charge >= 0.3 is 17.9 Å². The molecule has 0 spiro atoms. The van der Waals surface area contributed by atoms with Crippen LogP contribution in [-0.2, 0) is 104 Å². The predicted molar refractivity (Wildman–Crippen MR) is 451 cm³/mol. The Kier molecular flexibility index (Phi) is 46.1. The predicted octanol–water partition coefficient (Wildman–Crippen LogP) is -9.71. The maximum Gasteiger partial charge on any atom is 0.326 e. The average molecular weight is 1800 g/mol. The van der Waals surface area contributed by atoms with Crippen LogP contribution in [0.15, 0.2) is 43.0 Å². The van der Waals surface area contributed by atoms with E-state index in [1.165, 1.54) is 32.6 Å². The van der Waals surface area contributed by atoms with Crippen LogP contribution in [0.4, 0.5) is 0 Å². The zero-order valence-corrected chi connectivity index (χ0v) is 71.3. The Bertz CT molecular complexity index is 4310. The molecule has 0 aliphatic rings. The van der Waals surface area contributed by atoms with E-state index in [2.05, 4.69) is 107 Å². The second-order valence-corrected chi connectivity index (χ2v) is 30.1. The van der Waals surface area contributed by atoms with Crippen LogP contribution in [-0.4, -0.2) is 282 Å². The van der Waals surface area contributed by atoms with Crippen molar-refractivity contribution in [3.05, 3.63) is 54.2 Å². The molecular formula is C75H119N27O23S. The smallest absolute Gasteiger partial charge is 0.326 e. The zero-order valence-electron chi connectivity index (χ0n) is 70.4. The molecule has 2 heterocycles. The third-order valence-corrected chi connectivity index (χ3v) is 20.1. The van der Waals surface area contributed by atoms with Crippen LogP contribution in [0.1, 0.15) is 136 Å². The number of aliphatic carboxylic acids is 3. The van der Waals surface area contributed by atoms with E-state index in [1.54, 1.807) is 38.1 Å². The van der Waals surface area contributed by atoms with E-state index in [0.717, 1.165) is 6.92 Å². The summed E-state index contributed by atoms with van der Waals surface area (Å²) in [5.74, 6) is -25.7. The van der Waals surface area contributed by atoms with Crippen LogP contribution in [0.2, 0.25) is 0 Å². The largest absolute Gasteiger partial charge is 0.481 e. The molecule has 0 bridgehead atoms. The molecule has 2 aromatic heterocycles. The van der Waals surface area contributed by atoms with Crippen LogP contribution >= 0.6 is 12.6 Å². The fourth-order valence-electron chi connectivity index (χ4n) is 12.1. The second kappa shape index (κ2) is 54.3. The molecule has 3 rings (SSSR count). The second-order valence-electron chi connectivity index (χ2n) is 29.8. The van der Waals surface area contributed by atoms with Gasteiger partial charge in [0.15, 0.2) is 11.9 Å². The summed E-state index contributed by atoms with van der Waals surface area (Å²) >= 11 is 4.24. The number of para-hydroxylation sites is 1. The first-order valence-corrected chi connectivity index (χ1v) is 40.9. The Morgan fingerprint density at radius 2 is 0.833 bits per heavy atom. The summed E-state index contributed by atoms with van der Waals surface area (Å²) < 4.78 is 0. The van der Waals surface area contributed by atoms with Gasteiger partial charge in [0.05, 0.1) is 44.7 Å². The topological polar surface area (TPSA) is 846 Å². The summed E-state index contributed by atoms with van der Waals surface area (Å²) in [4.78, 5) is 267. The molecule has 0 aliphatic carbocycles. The number of fused-ring (bicyclic) bond motifs is 1. The number of nitrogens with two attached hydrogens (primary N) is 6. The summed E-state index contributed by atoms with van der Waals surface area (Å²) in [5.41, 5.74) is 34.8. The molecule has 36 N–H and O–H groups in total. The fourth-order valence-corrected chi connectivity index (χ4v) is 12.4. The number of aromatic nitrogens is 3. The van der Waals surface area contributed by atoms with Crippen LogP contribution in [0.5, 0.6) is 0 Å². The lowest BCUT2D eigenvalue weighted by atomic mass is 9.97. The lowest BCUT2D eigenvalue weighted by Gasteiger charge is -2.29. The van der Waals surface area contributed by atoms with Gasteiger partial charge in [-0.25, -0.2) is 9.78 Å². The summed E-state index contributed by atoms with van der Waals surface area (Å²) in [7, 11) is 0. The molecule has 0 fully saturated rings. The number of aromatic amines is 2. The molecule has 0 unspecified atom stereocenters. The summed E-state index contributed by atoms with van der Waals surface area (Å²) in [6, 6.07) is -18.8. The van der Waals surface area contributed by atoms with E-state index in [9.17, 15) is 112 Å². The van der Waals surface area contributed by atoms with Gasteiger partial charge in [0.1, 0.15) is 84.6 Å². The van der Waals surface area contributed by atoms with Gasteiger partial charge in [0.25, 0.3) is 0 Å². The number of hydrogen-bond acceptors (Lipinski definition) is 26. The van der Waals surface area contributed by atoms with E-state index < -0.39 is 259 Å². The molecule has 17 atom stereocenters. The van der Waals surface area contributed by atoms with Crippen LogP contribution in [0.25, 0.3) is 10.9 Å². The minimum absolute atomic E-state index is 0.00817. The first kappa shape index (κ1) is 107. The van der Waals surface area contributed by atoms with E-state index in [0.29, 0.717) is 35.7 Å². The number of hydrogen-bond donors (Lipinski definition) is 31. The van der Waals surface area contributed by atoms with Crippen LogP contribution < -0.4 is 119 Å². The van der Waals surface area contributed by atoms with Crippen LogP contribution in [0, 0.1) is 22.7 Å². The molecule has 1 aromatic carbocycles. The highest BCUT2D eigenvalue weighted by atomic mass is 32.1. The van der Waals surface area contributed by atoms with Crippen molar-refractivity contribution < 1.29 is 112 Å². The SMILES string of the molecule is CC[C@H](C)[C@H](N)C(=O)N[C@@H](CCCNC(=N)N)C(=O)N[C@@H](CCCCN)C(=O)N[C@@H](C)C(=O)N[C@@H](Cc1cnc[nH]1)C(=O)N[C@@H](CS)C(=O)N[C@@H](CC(N)=O)C(=O)N[C@H](C(=O)N[C@@H](CO)C(=O)N[C@@H](CCCNC(=N)N)C(=O)N[C@@H](C)C(=O)N[C@@H](CC(=O)O)C(=O)N[C@@H](Cc1c[nH]c2ccccc12)C(=O)N[C@@H](CC(N)=O)C(=O)N[C@@H](CC(=O)O)C(=O)O)[C@@H](C)CC.